The van der Waals surface area contributed by atoms with Crippen LogP contribution in [0.4, 0.5) is 0 Å². The number of nitrogens with one attached hydrogen (secondary N) is 2. The number of nitrogens with zero attached hydrogens (tertiary/aromatic N) is 1. The number of carbonyl (C=O) groups excluding carboxylic acids is 1. The molecule has 3 aliphatic heterocycles. The molecule has 0 bridgehead atoms. The number of piperidine rings is 2. The number of alkyl halides is 2. The molecule has 3 N–H and O–H groups in total. The van der Waals surface area contributed by atoms with E-state index >= 15 is 0 Å². The van der Waals surface area contributed by atoms with Gasteiger partial charge in [-0.05, 0) is 69.7 Å². The first-order valence-electron chi connectivity index (χ1n) is 10.6. The van der Waals surface area contributed by atoms with Crippen LogP contribution in [0.1, 0.15) is 39.5 Å². The fourth-order valence-corrected chi connectivity index (χ4v) is 7.44. The molecular weight excluding hydrogens is 385 g/mol. The summed E-state index contributed by atoms with van der Waals surface area (Å²) >= 11 is 13.5. The van der Waals surface area contributed by atoms with Crippen molar-refractivity contribution in [1.82, 2.24) is 15.5 Å². The molecule has 3 saturated heterocycles. The Morgan fingerprint density at radius 3 is 2.67 bits per heavy atom. The van der Waals surface area contributed by atoms with Gasteiger partial charge in [-0.25, -0.2) is 0 Å². The van der Waals surface area contributed by atoms with Gasteiger partial charge in [0.05, 0.1) is 10.8 Å². The van der Waals surface area contributed by atoms with Crippen molar-refractivity contribution in [1.29, 1.82) is 0 Å². The molecule has 4 fully saturated rings. The van der Waals surface area contributed by atoms with Crippen molar-refractivity contribution in [3.63, 3.8) is 0 Å². The van der Waals surface area contributed by atoms with E-state index in [1.54, 1.807) is 0 Å². The van der Waals surface area contributed by atoms with Crippen LogP contribution in [0.5, 0.6) is 0 Å². The second-order valence-corrected chi connectivity index (χ2v) is 10.3. The smallest absolute Gasteiger partial charge is 0.248 e. The molecule has 1 amide bonds. The molecule has 0 spiro atoms. The maximum Gasteiger partial charge on any atom is 0.248 e. The van der Waals surface area contributed by atoms with Gasteiger partial charge >= 0.3 is 0 Å². The van der Waals surface area contributed by atoms with Crippen LogP contribution in [0.2, 0.25) is 0 Å². The molecule has 7 heteroatoms. The van der Waals surface area contributed by atoms with E-state index in [0.717, 1.165) is 19.4 Å². The van der Waals surface area contributed by atoms with E-state index < -0.39 is 6.61 Å². The van der Waals surface area contributed by atoms with Crippen molar-refractivity contribution in [2.24, 2.45) is 23.7 Å². The van der Waals surface area contributed by atoms with Gasteiger partial charge in [0, 0.05) is 30.7 Å². The molecule has 5 nitrogen and oxygen atoms in total. The molecule has 0 aromatic rings. The van der Waals surface area contributed by atoms with Gasteiger partial charge in [0.2, 0.25) is 5.91 Å². The van der Waals surface area contributed by atoms with E-state index in [4.69, 9.17) is 23.2 Å². The zero-order chi connectivity index (χ0) is 19.3. The quantitative estimate of drug-likeness (QED) is 0.599. The van der Waals surface area contributed by atoms with Crippen molar-refractivity contribution in [2.75, 3.05) is 19.7 Å². The Labute approximate surface area is 172 Å². The number of hydrogen-bond donors (Lipinski definition) is 3. The summed E-state index contributed by atoms with van der Waals surface area (Å²) in [5.74, 6) is 1.90. The van der Waals surface area contributed by atoms with E-state index in [2.05, 4.69) is 24.5 Å². The monoisotopic (exact) mass is 417 g/mol. The number of rotatable bonds is 2. The van der Waals surface area contributed by atoms with Crippen LogP contribution >= 0.6 is 23.2 Å². The van der Waals surface area contributed by atoms with Crippen LogP contribution in [0.25, 0.3) is 0 Å². The standard InChI is InChI=1S/C20H33Cl2N3O2/c1-10-7-12(3-5-23-10)13-8-14(21)19(22)20-18(13)17-11(2)25(16(27)9-26)6-4-15(17)24-20/h10-15,17-20,23-24,26H,3-9H2,1-2H3/t10?,11-,12?,13?,14?,15?,17?,18?,19?,20?/m0/s1. The number of halogens is 2. The zero-order valence-electron chi connectivity index (χ0n) is 16.3. The molecular formula is C20H33Cl2N3O2. The lowest BCUT2D eigenvalue weighted by Crippen LogP contribution is -2.56. The van der Waals surface area contributed by atoms with Gasteiger partial charge in [-0.3, -0.25) is 4.79 Å². The third kappa shape index (κ3) is 3.52. The van der Waals surface area contributed by atoms with E-state index in [9.17, 15) is 9.90 Å². The minimum absolute atomic E-state index is 0.00115. The Balaban J connectivity index is 1.63. The molecule has 0 radical (unpaired) electrons. The number of likely N-dealkylation sites (tertiary alicyclic amines) is 1. The van der Waals surface area contributed by atoms with E-state index in [1.807, 2.05) is 4.90 Å². The second kappa shape index (κ2) is 7.98. The first kappa shape index (κ1) is 20.2. The van der Waals surface area contributed by atoms with Gasteiger partial charge < -0.3 is 20.6 Å². The molecule has 27 heavy (non-hydrogen) atoms. The van der Waals surface area contributed by atoms with E-state index in [0.29, 0.717) is 42.3 Å². The summed E-state index contributed by atoms with van der Waals surface area (Å²) in [6.07, 6.45) is 4.29. The highest BCUT2D eigenvalue weighted by molar-refractivity contribution is 6.30. The second-order valence-electron chi connectivity index (χ2n) is 9.23. The lowest BCUT2D eigenvalue weighted by atomic mass is 9.61. The lowest BCUT2D eigenvalue weighted by molar-refractivity contribution is -0.140. The maximum absolute atomic E-state index is 12.3. The predicted octanol–water partition coefficient (Wildman–Crippen LogP) is 1.80. The first-order valence-corrected chi connectivity index (χ1v) is 11.5. The summed E-state index contributed by atoms with van der Waals surface area (Å²) in [6.45, 7) is 5.81. The molecule has 10 atom stereocenters. The fraction of sp³-hybridized carbons (Fsp3) is 0.950. The number of carbonyl (C=O) groups is 1. The molecule has 1 aliphatic carbocycles. The van der Waals surface area contributed by atoms with Crippen molar-refractivity contribution < 1.29 is 9.90 Å². The van der Waals surface area contributed by atoms with Crippen LogP contribution in [0, 0.1) is 23.7 Å². The first-order chi connectivity index (χ1) is 12.9. The Morgan fingerprint density at radius 2 is 1.96 bits per heavy atom. The summed E-state index contributed by atoms with van der Waals surface area (Å²) in [7, 11) is 0. The average Bonchev–Trinajstić information content (AvgIpc) is 3.05. The Kier molecular flexibility index (Phi) is 5.98. The molecule has 4 rings (SSSR count). The van der Waals surface area contributed by atoms with Crippen molar-refractivity contribution in [3.8, 4) is 0 Å². The third-order valence-corrected chi connectivity index (χ3v) is 9.02. The molecule has 0 aromatic heterocycles. The highest BCUT2D eigenvalue weighted by atomic mass is 35.5. The van der Waals surface area contributed by atoms with E-state index in [1.165, 1.54) is 12.8 Å². The Hall–Kier alpha value is -0.0700. The van der Waals surface area contributed by atoms with Gasteiger partial charge in [0.15, 0.2) is 0 Å². The van der Waals surface area contributed by atoms with Crippen molar-refractivity contribution in [3.05, 3.63) is 0 Å². The minimum atomic E-state index is -0.402. The Morgan fingerprint density at radius 1 is 1.19 bits per heavy atom. The normalized spacial score (nSPS) is 50.2. The lowest BCUT2D eigenvalue weighted by Gasteiger charge is -2.50. The van der Waals surface area contributed by atoms with Gasteiger partial charge in [-0.1, -0.05) is 0 Å². The highest BCUT2D eigenvalue weighted by Gasteiger charge is 2.58. The Bertz CT molecular complexity index is 565. The van der Waals surface area contributed by atoms with Crippen LogP contribution in [-0.4, -0.2) is 70.5 Å². The highest BCUT2D eigenvalue weighted by Crippen LogP contribution is 2.52. The summed E-state index contributed by atoms with van der Waals surface area (Å²) < 4.78 is 0. The number of aliphatic hydroxyl groups excluding tert-OH is 1. The SMILES string of the molecule is CC1CC(C2CC(Cl)C(Cl)C3NC4CCN(C(=O)CO)[C@@H](C)C4C23)CCN1. The van der Waals surface area contributed by atoms with Gasteiger partial charge in [-0.15, -0.1) is 23.2 Å². The molecule has 3 heterocycles. The fourth-order valence-electron chi connectivity index (χ4n) is 6.74. The topological polar surface area (TPSA) is 64.6 Å². The number of hydrogen-bond acceptors (Lipinski definition) is 4. The van der Waals surface area contributed by atoms with Gasteiger partial charge in [0.1, 0.15) is 6.61 Å². The number of amides is 1. The minimum Gasteiger partial charge on any atom is -0.387 e. The third-order valence-electron chi connectivity index (χ3n) is 7.87. The molecule has 0 aromatic carbocycles. The number of aliphatic hydroxyl groups is 1. The van der Waals surface area contributed by atoms with Crippen molar-refractivity contribution in [2.45, 2.75) is 74.5 Å². The molecule has 4 aliphatic rings. The van der Waals surface area contributed by atoms with Gasteiger partial charge in [0.25, 0.3) is 0 Å². The number of fused-ring (bicyclic) bond motifs is 3. The molecule has 154 valence electrons. The summed E-state index contributed by atoms with van der Waals surface area (Å²) in [5.41, 5.74) is 0. The van der Waals surface area contributed by atoms with Crippen molar-refractivity contribution >= 4 is 29.1 Å². The van der Waals surface area contributed by atoms with Gasteiger partial charge in [-0.2, -0.15) is 0 Å². The van der Waals surface area contributed by atoms with Crippen LogP contribution in [0.15, 0.2) is 0 Å². The zero-order valence-corrected chi connectivity index (χ0v) is 17.8. The largest absolute Gasteiger partial charge is 0.387 e. The summed E-state index contributed by atoms with van der Waals surface area (Å²) in [4.78, 5) is 14.2. The summed E-state index contributed by atoms with van der Waals surface area (Å²) in [6, 6.07) is 1.29. The van der Waals surface area contributed by atoms with Crippen LogP contribution < -0.4 is 10.6 Å². The molecule has 1 saturated carbocycles. The molecule has 9 unspecified atom stereocenters. The van der Waals surface area contributed by atoms with E-state index in [-0.39, 0.29) is 28.7 Å². The average molecular weight is 418 g/mol. The summed E-state index contributed by atoms with van der Waals surface area (Å²) in [5, 5.41) is 16.7. The maximum atomic E-state index is 12.3. The van der Waals surface area contributed by atoms with Crippen LogP contribution in [-0.2, 0) is 4.79 Å². The predicted molar refractivity (Wildman–Crippen MR) is 108 cm³/mol. The van der Waals surface area contributed by atoms with Crippen LogP contribution in [0.3, 0.4) is 0 Å².